The molecule has 1 aliphatic heterocycles. The number of amides is 1. The molecule has 8 N–H and O–H groups in total. The molecule has 32 heavy (non-hydrogen) atoms. The van der Waals surface area contributed by atoms with Crippen LogP contribution < -0.4 is 22.1 Å². The van der Waals surface area contributed by atoms with Gasteiger partial charge in [0.15, 0.2) is 5.69 Å². The molecule has 1 saturated heterocycles. The predicted octanol–water partition coefficient (Wildman–Crippen LogP) is 1.22. The third-order valence-corrected chi connectivity index (χ3v) is 6.07. The number of likely N-dealkylation sites (tertiary alicyclic amines) is 1. The molecule has 2 unspecified atom stereocenters. The van der Waals surface area contributed by atoms with Crippen LogP contribution in [0.1, 0.15) is 23.3 Å². The van der Waals surface area contributed by atoms with Gasteiger partial charge in [0.05, 0.1) is 17.4 Å². The molecule has 1 aromatic heterocycles. The highest BCUT2D eigenvalue weighted by molar-refractivity contribution is 7.19. The van der Waals surface area contributed by atoms with Crippen LogP contribution in [0, 0.1) is 17.0 Å². The molecule has 1 amide bonds. The molecule has 1 aliphatic rings. The Bertz CT molecular complexity index is 1010. The lowest BCUT2D eigenvalue weighted by molar-refractivity contribution is 0.0962. The molecule has 1 aromatic carbocycles. The van der Waals surface area contributed by atoms with Gasteiger partial charge in [0, 0.05) is 32.4 Å². The van der Waals surface area contributed by atoms with E-state index in [1.165, 1.54) is 6.07 Å². The van der Waals surface area contributed by atoms with E-state index < -0.39 is 23.6 Å². The van der Waals surface area contributed by atoms with E-state index in [9.17, 15) is 18.7 Å². The van der Waals surface area contributed by atoms with E-state index in [0.717, 1.165) is 29.7 Å². The molecule has 0 radical (unpaired) electrons. The van der Waals surface area contributed by atoms with Gasteiger partial charge < -0.3 is 37.5 Å². The smallest absolute Gasteiger partial charge is 0.277 e. The van der Waals surface area contributed by atoms with Crippen molar-refractivity contribution in [2.45, 2.75) is 25.0 Å². The van der Waals surface area contributed by atoms with Crippen LogP contribution in [0.2, 0.25) is 0 Å². The summed E-state index contributed by atoms with van der Waals surface area (Å²) in [6.45, 7) is 0.977. The van der Waals surface area contributed by atoms with Gasteiger partial charge in [0.25, 0.3) is 5.91 Å². The summed E-state index contributed by atoms with van der Waals surface area (Å²) < 4.78 is 28.2. The largest absolute Gasteiger partial charge is 0.391 e. The Morgan fingerprint density at radius 3 is 2.62 bits per heavy atom. The van der Waals surface area contributed by atoms with Crippen LogP contribution >= 0.6 is 11.3 Å². The maximum atomic E-state index is 14.1. The van der Waals surface area contributed by atoms with Crippen LogP contribution in [0.3, 0.4) is 0 Å². The molecule has 3 rings (SSSR count). The number of allylic oxidation sites excluding steroid dienone is 1. The first-order valence-corrected chi connectivity index (χ1v) is 10.7. The van der Waals surface area contributed by atoms with Crippen molar-refractivity contribution in [1.82, 2.24) is 20.5 Å². The van der Waals surface area contributed by atoms with Gasteiger partial charge >= 0.3 is 0 Å². The predicted molar refractivity (Wildman–Crippen MR) is 119 cm³/mol. The molecule has 0 saturated carbocycles. The van der Waals surface area contributed by atoms with E-state index in [1.54, 1.807) is 7.05 Å². The van der Waals surface area contributed by atoms with Crippen LogP contribution in [-0.2, 0) is 0 Å². The van der Waals surface area contributed by atoms with Crippen LogP contribution in [0.4, 0.5) is 13.8 Å². The monoisotopic (exact) mass is 465 g/mol. The fourth-order valence-corrected chi connectivity index (χ4v) is 4.32. The highest BCUT2D eigenvalue weighted by Gasteiger charge is 2.26. The van der Waals surface area contributed by atoms with Crippen LogP contribution in [-0.4, -0.2) is 59.4 Å². The summed E-state index contributed by atoms with van der Waals surface area (Å²) >= 11 is 0.789. The van der Waals surface area contributed by atoms with Crippen molar-refractivity contribution in [3.05, 3.63) is 47.0 Å². The first-order chi connectivity index (χ1) is 15.3. The van der Waals surface area contributed by atoms with E-state index >= 15 is 0 Å². The molecule has 2 atom stereocenters. The Morgan fingerprint density at radius 2 is 2.00 bits per heavy atom. The topological polar surface area (TPSA) is 153 Å². The van der Waals surface area contributed by atoms with E-state index in [0.29, 0.717) is 31.8 Å². The molecule has 9 nitrogen and oxygen atoms in total. The van der Waals surface area contributed by atoms with Gasteiger partial charge in [-0.05, 0) is 25.0 Å². The molecular formula is C20H25F2N7O2S. The number of nitrogens with two attached hydrogens (primary N) is 2. The van der Waals surface area contributed by atoms with Crippen molar-refractivity contribution < 1.29 is 18.7 Å². The Kier molecular flexibility index (Phi) is 7.38. The average Bonchev–Trinajstić information content (AvgIpc) is 3.06. The maximum Gasteiger partial charge on any atom is 0.277 e. The zero-order valence-corrected chi connectivity index (χ0v) is 18.2. The number of carbonyl (C=O) groups excluding carboxylic acids is 1. The van der Waals surface area contributed by atoms with Gasteiger partial charge in [-0.1, -0.05) is 17.4 Å². The van der Waals surface area contributed by atoms with Crippen molar-refractivity contribution in [1.29, 1.82) is 5.41 Å². The van der Waals surface area contributed by atoms with Gasteiger partial charge in [0.2, 0.25) is 0 Å². The second-order valence-electron chi connectivity index (χ2n) is 7.23. The van der Waals surface area contributed by atoms with Crippen LogP contribution in [0.5, 0.6) is 0 Å². The molecule has 0 bridgehead atoms. The SMILES string of the molecule is CN/C(=C(\C=N)NC(=O)c1nc(-c2c(F)cccc2F)sc1N)N1CCC(N)C(O)CC1. The summed E-state index contributed by atoms with van der Waals surface area (Å²) in [4.78, 5) is 18.8. The minimum atomic E-state index is -0.815. The van der Waals surface area contributed by atoms with Crippen molar-refractivity contribution >= 4 is 28.5 Å². The number of rotatable bonds is 6. The second kappa shape index (κ2) is 10.0. The summed E-state index contributed by atoms with van der Waals surface area (Å²) in [7, 11) is 1.64. The van der Waals surface area contributed by atoms with E-state index in [1.807, 2.05) is 4.90 Å². The molecule has 2 heterocycles. The fourth-order valence-electron chi connectivity index (χ4n) is 3.45. The number of anilines is 1. The highest BCUT2D eigenvalue weighted by Crippen LogP contribution is 2.33. The number of aliphatic hydroxyl groups excluding tert-OH is 1. The quantitative estimate of drug-likeness (QED) is 0.351. The lowest BCUT2D eigenvalue weighted by atomic mass is 10.1. The molecule has 2 aromatic rings. The van der Waals surface area contributed by atoms with Gasteiger partial charge in [0.1, 0.15) is 27.5 Å². The molecular weight excluding hydrogens is 440 g/mol. The number of carbonyl (C=O) groups is 1. The van der Waals surface area contributed by atoms with Crippen molar-refractivity contribution in [3.63, 3.8) is 0 Å². The third-order valence-electron chi connectivity index (χ3n) is 5.17. The minimum absolute atomic E-state index is 0.0145. The second-order valence-corrected chi connectivity index (χ2v) is 8.27. The lowest BCUT2D eigenvalue weighted by Crippen LogP contribution is -2.37. The van der Waals surface area contributed by atoms with Gasteiger partial charge in [-0.25, -0.2) is 13.8 Å². The Labute approximate surface area is 187 Å². The van der Waals surface area contributed by atoms with Crippen LogP contribution in [0.25, 0.3) is 10.6 Å². The number of nitrogens with zero attached hydrogens (tertiary/aromatic N) is 2. The number of hydrogen-bond donors (Lipinski definition) is 6. The Morgan fingerprint density at radius 1 is 1.34 bits per heavy atom. The Balaban J connectivity index is 1.87. The molecule has 172 valence electrons. The summed E-state index contributed by atoms with van der Waals surface area (Å²) in [5, 5.41) is 23.2. The zero-order valence-electron chi connectivity index (χ0n) is 17.4. The Hall–Kier alpha value is -3.09. The first kappa shape index (κ1) is 23.6. The van der Waals surface area contributed by atoms with E-state index in [4.69, 9.17) is 16.9 Å². The van der Waals surface area contributed by atoms with Gasteiger partial charge in [-0.15, -0.1) is 0 Å². The number of hydrogen-bond acceptors (Lipinski definition) is 9. The number of halogens is 2. The minimum Gasteiger partial charge on any atom is -0.391 e. The summed E-state index contributed by atoms with van der Waals surface area (Å²) in [5.41, 5.74) is 11.4. The number of aromatic nitrogens is 1. The standard InChI is InChI=1S/C20H25F2N7O2S/c1-26-18(29-7-5-12(24)14(30)6-8-29)13(9-23)27-19(31)16-17(25)32-20(28-16)15-10(21)3-2-4-11(15)22/h2-4,9,12,14,23,26,30H,5-8,24-25H2,1H3,(H,27,31)/b18-13-,23-9?. The maximum absolute atomic E-state index is 14.1. The molecule has 1 fully saturated rings. The van der Waals surface area contributed by atoms with E-state index in [2.05, 4.69) is 15.6 Å². The van der Waals surface area contributed by atoms with Crippen molar-refractivity contribution in [2.75, 3.05) is 25.9 Å². The molecule has 0 spiro atoms. The molecule has 0 aliphatic carbocycles. The third kappa shape index (κ3) is 4.87. The van der Waals surface area contributed by atoms with Crippen molar-refractivity contribution in [2.24, 2.45) is 5.73 Å². The van der Waals surface area contributed by atoms with Crippen molar-refractivity contribution in [3.8, 4) is 10.6 Å². The normalized spacial score (nSPS) is 19.7. The number of benzene rings is 1. The number of nitrogen functional groups attached to an aromatic ring is 1. The van der Waals surface area contributed by atoms with Gasteiger partial charge in [-0.3, -0.25) is 4.79 Å². The number of thiazole rings is 1. The molecule has 12 heteroatoms. The number of aliphatic hydroxyl groups is 1. The summed E-state index contributed by atoms with van der Waals surface area (Å²) in [6.07, 6.45) is 1.29. The fraction of sp³-hybridized carbons (Fsp3) is 0.350. The van der Waals surface area contributed by atoms with Crippen LogP contribution in [0.15, 0.2) is 29.7 Å². The zero-order chi connectivity index (χ0) is 23.4. The average molecular weight is 466 g/mol. The van der Waals surface area contributed by atoms with E-state index in [-0.39, 0.29) is 33.0 Å². The highest BCUT2D eigenvalue weighted by atomic mass is 32.1. The lowest BCUT2D eigenvalue weighted by Gasteiger charge is -2.27. The first-order valence-electron chi connectivity index (χ1n) is 9.90. The summed E-state index contributed by atoms with van der Waals surface area (Å²) in [6, 6.07) is 3.06. The summed E-state index contributed by atoms with van der Waals surface area (Å²) in [5.74, 6) is -1.89. The van der Waals surface area contributed by atoms with Gasteiger partial charge in [-0.2, -0.15) is 0 Å². The number of nitrogens with one attached hydrogen (secondary N) is 3.